The summed E-state index contributed by atoms with van der Waals surface area (Å²) < 4.78 is 0. The van der Waals surface area contributed by atoms with E-state index in [0.717, 1.165) is 5.56 Å². The van der Waals surface area contributed by atoms with Crippen molar-refractivity contribution in [2.75, 3.05) is 0 Å². The Kier molecular flexibility index (Phi) is 2.42. The monoisotopic (exact) mass is 136 g/mol. The average molecular weight is 136 g/mol. The van der Waals surface area contributed by atoms with E-state index in [9.17, 15) is 0 Å². The van der Waals surface area contributed by atoms with Crippen LogP contribution >= 0.6 is 0 Å². The molecule has 1 N–H and O–H groups in total. The van der Waals surface area contributed by atoms with Gasteiger partial charge in [-0.15, -0.1) is 0 Å². The van der Waals surface area contributed by atoms with Crippen LogP contribution in [0, 0.1) is 0 Å². The molecule has 2 heteroatoms. The lowest BCUT2D eigenvalue weighted by molar-refractivity contribution is 0.122. The molecule has 1 atom stereocenters. The SMILES string of the molecule is C[C@@H]([N]O)c1ccccc1. The Morgan fingerprint density at radius 2 is 1.90 bits per heavy atom. The van der Waals surface area contributed by atoms with Crippen LogP contribution in [0.5, 0.6) is 0 Å². The van der Waals surface area contributed by atoms with Gasteiger partial charge < -0.3 is 0 Å². The zero-order valence-electron chi connectivity index (χ0n) is 5.86. The molecular formula is C8H10NO. The predicted molar refractivity (Wildman–Crippen MR) is 38.8 cm³/mol. The highest BCUT2D eigenvalue weighted by atomic mass is 16.5. The van der Waals surface area contributed by atoms with E-state index in [0.29, 0.717) is 0 Å². The van der Waals surface area contributed by atoms with Gasteiger partial charge >= 0.3 is 0 Å². The van der Waals surface area contributed by atoms with Crippen molar-refractivity contribution in [1.82, 2.24) is 5.48 Å². The highest BCUT2D eigenvalue weighted by Gasteiger charge is 2.01. The van der Waals surface area contributed by atoms with Gasteiger partial charge in [-0.05, 0) is 12.5 Å². The highest BCUT2D eigenvalue weighted by Crippen LogP contribution is 2.10. The summed E-state index contributed by atoms with van der Waals surface area (Å²) in [5.74, 6) is 0. The summed E-state index contributed by atoms with van der Waals surface area (Å²) in [6, 6.07) is 9.55. The molecule has 0 heterocycles. The summed E-state index contributed by atoms with van der Waals surface area (Å²) in [7, 11) is 0. The second kappa shape index (κ2) is 3.34. The van der Waals surface area contributed by atoms with E-state index in [1.165, 1.54) is 0 Å². The zero-order valence-corrected chi connectivity index (χ0v) is 5.86. The first-order chi connectivity index (χ1) is 4.84. The fourth-order valence-electron chi connectivity index (χ4n) is 0.798. The van der Waals surface area contributed by atoms with Crippen molar-refractivity contribution in [2.45, 2.75) is 13.0 Å². The number of benzene rings is 1. The molecule has 0 bridgehead atoms. The molecule has 1 radical (unpaired) electrons. The summed E-state index contributed by atoms with van der Waals surface area (Å²) in [5.41, 5.74) is 4.19. The minimum atomic E-state index is -0.110. The van der Waals surface area contributed by atoms with E-state index in [-0.39, 0.29) is 6.04 Å². The summed E-state index contributed by atoms with van der Waals surface area (Å²) >= 11 is 0. The van der Waals surface area contributed by atoms with E-state index in [4.69, 9.17) is 5.21 Å². The zero-order chi connectivity index (χ0) is 7.40. The third-order valence-corrected chi connectivity index (χ3v) is 1.46. The number of rotatable bonds is 2. The molecule has 0 spiro atoms. The molecule has 1 rings (SSSR count). The van der Waals surface area contributed by atoms with Gasteiger partial charge in [-0.3, -0.25) is 5.21 Å². The molecule has 0 fully saturated rings. The summed E-state index contributed by atoms with van der Waals surface area (Å²) in [5, 5.41) is 8.41. The summed E-state index contributed by atoms with van der Waals surface area (Å²) in [4.78, 5) is 0. The van der Waals surface area contributed by atoms with Crippen molar-refractivity contribution >= 4 is 0 Å². The van der Waals surface area contributed by atoms with E-state index < -0.39 is 0 Å². The van der Waals surface area contributed by atoms with Gasteiger partial charge in [0, 0.05) is 0 Å². The molecule has 0 aliphatic rings. The fourth-order valence-corrected chi connectivity index (χ4v) is 0.798. The first kappa shape index (κ1) is 7.25. The summed E-state index contributed by atoms with van der Waals surface area (Å²) in [6.45, 7) is 1.84. The van der Waals surface area contributed by atoms with Crippen molar-refractivity contribution in [3.8, 4) is 0 Å². The molecule has 1 aromatic carbocycles. The van der Waals surface area contributed by atoms with Crippen molar-refractivity contribution in [3.05, 3.63) is 35.9 Å². The smallest absolute Gasteiger partial charge is 0.0756 e. The maximum atomic E-state index is 8.41. The standard InChI is InChI=1S/C8H10NO/c1-7(9-10)8-5-3-2-4-6-8/h2-7,10H,1H3/t7-/m1/s1. The first-order valence-electron chi connectivity index (χ1n) is 3.23. The average Bonchev–Trinajstić information content (AvgIpc) is 2.05. The van der Waals surface area contributed by atoms with Gasteiger partial charge in [-0.2, -0.15) is 0 Å². The molecule has 10 heavy (non-hydrogen) atoms. The van der Waals surface area contributed by atoms with E-state index >= 15 is 0 Å². The van der Waals surface area contributed by atoms with Gasteiger partial charge in [0.15, 0.2) is 0 Å². The van der Waals surface area contributed by atoms with Crippen molar-refractivity contribution < 1.29 is 5.21 Å². The molecule has 1 aromatic rings. The van der Waals surface area contributed by atoms with Crippen LogP contribution in [0.4, 0.5) is 0 Å². The molecule has 2 nitrogen and oxygen atoms in total. The van der Waals surface area contributed by atoms with Crippen molar-refractivity contribution in [1.29, 1.82) is 0 Å². The van der Waals surface area contributed by atoms with Crippen LogP contribution in [-0.4, -0.2) is 5.21 Å². The number of hydrogen-bond donors (Lipinski definition) is 1. The van der Waals surface area contributed by atoms with Crippen LogP contribution in [0.15, 0.2) is 30.3 Å². The predicted octanol–water partition coefficient (Wildman–Crippen LogP) is 1.74. The Hall–Kier alpha value is -0.860. The summed E-state index contributed by atoms with van der Waals surface area (Å²) in [6.07, 6.45) is 0. The molecule has 0 aliphatic heterocycles. The van der Waals surface area contributed by atoms with Crippen LogP contribution in [0.2, 0.25) is 0 Å². The molecule has 0 aliphatic carbocycles. The number of hydrogen-bond acceptors (Lipinski definition) is 1. The number of nitrogens with zero attached hydrogens (tertiary/aromatic N) is 1. The molecule has 0 unspecified atom stereocenters. The Balaban J connectivity index is 2.75. The van der Waals surface area contributed by atoms with E-state index in [2.05, 4.69) is 5.48 Å². The fraction of sp³-hybridized carbons (Fsp3) is 0.250. The van der Waals surface area contributed by atoms with E-state index in [1.54, 1.807) is 0 Å². The second-order valence-corrected chi connectivity index (χ2v) is 2.20. The lowest BCUT2D eigenvalue weighted by Crippen LogP contribution is -2.04. The molecule has 0 aromatic heterocycles. The van der Waals surface area contributed by atoms with Gasteiger partial charge in [0.25, 0.3) is 0 Å². The normalized spacial score (nSPS) is 13.0. The molecular weight excluding hydrogens is 126 g/mol. The first-order valence-corrected chi connectivity index (χ1v) is 3.23. The number of hydroxylamine groups is 1. The quantitative estimate of drug-likeness (QED) is 0.617. The van der Waals surface area contributed by atoms with Gasteiger partial charge in [0.1, 0.15) is 0 Å². The molecule has 0 saturated heterocycles. The Morgan fingerprint density at radius 1 is 1.30 bits per heavy atom. The Morgan fingerprint density at radius 3 is 2.40 bits per heavy atom. The van der Waals surface area contributed by atoms with Crippen LogP contribution in [-0.2, 0) is 0 Å². The van der Waals surface area contributed by atoms with Gasteiger partial charge in [-0.25, -0.2) is 0 Å². The lowest BCUT2D eigenvalue weighted by atomic mass is 10.1. The maximum Gasteiger partial charge on any atom is 0.0756 e. The van der Waals surface area contributed by atoms with Crippen LogP contribution in [0.25, 0.3) is 0 Å². The van der Waals surface area contributed by atoms with Gasteiger partial charge in [-0.1, -0.05) is 35.8 Å². The minimum Gasteiger partial charge on any atom is -0.296 e. The largest absolute Gasteiger partial charge is 0.296 e. The molecule has 0 amide bonds. The Labute approximate surface area is 60.5 Å². The van der Waals surface area contributed by atoms with Crippen LogP contribution < -0.4 is 5.48 Å². The van der Waals surface area contributed by atoms with Gasteiger partial charge in [0.2, 0.25) is 0 Å². The van der Waals surface area contributed by atoms with Crippen molar-refractivity contribution in [2.24, 2.45) is 0 Å². The third-order valence-electron chi connectivity index (χ3n) is 1.46. The molecule has 53 valence electrons. The van der Waals surface area contributed by atoms with Crippen LogP contribution in [0.3, 0.4) is 0 Å². The highest BCUT2D eigenvalue weighted by molar-refractivity contribution is 5.17. The van der Waals surface area contributed by atoms with E-state index in [1.807, 2.05) is 37.3 Å². The van der Waals surface area contributed by atoms with Gasteiger partial charge in [0.05, 0.1) is 6.04 Å². The second-order valence-electron chi connectivity index (χ2n) is 2.20. The third kappa shape index (κ3) is 1.56. The lowest BCUT2D eigenvalue weighted by Gasteiger charge is -2.04. The maximum absolute atomic E-state index is 8.41. The van der Waals surface area contributed by atoms with Crippen molar-refractivity contribution in [3.63, 3.8) is 0 Å². The minimum absolute atomic E-state index is 0.110. The molecule has 0 saturated carbocycles. The Bertz CT molecular complexity index is 186. The topological polar surface area (TPSA) is 34.3 Å². The van der Waals surface area contributed by atoms with Crippen LogP contribution in [0.1, 0.15) is 18.5 Å².